The number of hydrogen-bond donors (Lipinski definition) is 2. The number of piperazine rings is 1. The Hall–Kier alpha value is -1.10. The third-order valence-electron chi connectivity index (χ3n) is 4.53. The van der Waals surface area contributed by atoms with Crippen molar-refractivity contribution in [3.8, 4) is 0 Å². The first kappa shape index (κ1) is 14.3. The van der Waals surface area contributed by atoms with Crippen LogP contribution in [0.5, 0.6) is 0 Å². The van der Waals surface area contributed by atoms with Gasteiger partial charge in [-0.2, -0.15) is 0 Å². The minimum Gasteiger partial charge on any atom is -0.357 e. The molecule has 19 heavy (non-hydrogen) atoms. The Labute approximate surface area is 115 Å². The van der Waals surface area contributed by atoms with Crippen LogP contribution in [0.4, 0.5) is 0 Å². The lowest BCUT2D eigenvalue weighted by Gasteiger charge is -2.42. The van der Waals surface area contributed by atoms with E-state index in [9.17, 15) is 9.59 Å². The maximum Gasteiger partial charge on any atom is 0.243 e. The van der Waals surface area contributed by atoms with E-state index < -0.39 is 0 Å². The van der Waals surface area contributed by atoms with Gasteiger partial charge in [-0.25, -0.2) is 0 Å². The highest BCUT2D eigenvalue weighted by atomic mass is 16.2. The standard InChI is InChI=1S/C14H25N3O2/c1-14(6-4-3-5-7-14)13(19)17-9-8-16-10-11(17)12(18)15-2/h11,16H,3-10H2,1-2H3,(H,15,18). The largest absolute Gasteiger partial charge is 0.357 e. The molecule has 1 aliphatic heterocycles. The van der Waals surface area contributed by atoms with Gasteiger partial charge in [0.25, 0.3) is 0 Å². The second kappa shape index (κ2) is 5.90. The second-order valence-corrected chi connectivity index (χ2v) is 5.95. The highest BCUT2D eigenvalue weighted by Gasteiger charge is 2.42. The maximum atomic E-state index is 12.8. The number of hydrogen-bond acceptors (Lipinski definition) is 3. The summed E-state index contributed by atoms with van der Waals surface area (Å²) in [5.74, 6) is 0.0993. The van der Waals surface area contributed by atoms with Crippen molar-refractivity contribution in [2.75, 3.05) is 26.7 Å². The van der Waals surface area contributed by atoms with E-state index in [1.165, 1.54) is 6.42 Å². The molecule has 0 spiro atoms. The molecule has 0 aromatic rings. The molecule has 1 saturated heterocycles. The highest BCUT2D eigenvalue weighted by molar-refractivity contribution is 5.90. The number of likely N-dealkylation sites (N-methyl/N-ethyl adjacent to an activating group) is 1. The van der Waals surface area contributed by atoms with E-state index in [-0.39, 0.29) is 23.3 Å². The van der Waals surface area contributed by atoms with Crippen LogP contribution in [0.2, 0.25) is 0 Å². The molecule has 5 nitrogen and oxygen atoms in total. The van der Waals surface area contributed by atoms with Gasteiger partial charge >= 0.3 is 0 Å². The zero-order chi connectivity index (χ0) is 13.9. The molecule has 2 rings (SSSR count). The van der Waals surface area contributed by atoms with Crippen molar-refractivity contribution in [1.82, 2.24) is 15.5 Å². The van der Waals surface area contributed by atoms with Crippen LogP contribution in [0.25, 0.3) is 0 Å². The molecule has 0 aromatic heterocycles. The molecule has 5 heteroatoms. The number of rotatable bonds is 2. The topological polar surface area (TPSA) is 61.4 Å². The van der Waals surface area contributed by atoms with Crippen molar-refractivity contribution in [3.63, 3.8) is 0 Å². The monoisotopic (exact) mass is 267 g/mol. The van der Waals surface area contributed by atoms with Gasteiger partial charge in [0, 0.05) is 32.1 Å². The lowest BCUT2D eigenvalue weighted by molar-refractivity contribution is -0.150. The third kappa shape index (κ3) is 2.91. The predicted octanol–water partition coefficient (Wildman–Crippen LogP) is 0.503. The van der Waals surface area contributed by atoms with Crippen LogP contribution in [0.1, 0.15) is 39.0 Å². The fourth-order valence-electron chi connectivity index (χ4n) is 3.24. The molecule has 1 unspecified atom stereocenters. The van der Waals surface area contributed by atoms with Crippen molar-refractivity contribution in [2.45, 2.75) is 45.1 Å². The molecule has 2 aliphatic rings. The quantitative estimate of drug-likeness (QED) is 0.766. The van der Waals surface area contributed by atoms with Crippen LogP contribution < -0.4 is 10.6 Å². The van der Waals surface area contributed by atoms with E-state index in [4.69, 9.17) is 0 Å². The van der Waals surface area contributed by atoms with Gasteiger partial charge in [-0.3, -0.25) is 9.59 Å². The first-order valence-corrected chi connectivity index (χ1v) is 7.32. The number of carbonyl (C=O) groups excluding carboxylic acids is 2. The Morgan fingerprint density at radius 3 is 2.58 bits per heavy atom. The summed E-state index contributed by atoms with van der Waals surface area (Å²) in [5.41, 5.74) is -0.262. The van der Waals surface area contributed by atoms with Gasteiger partial charge in [-0.15, -0.1) is 0 Å². The third-order valence-corrected chi connectivity index (χ3v) is 4.53. The average Bonchev–Trinajstić information content (AvgIpc) is 2.46. The Kier molecular flexibility index (Phi) is 4.45. The minimum atomic E-state index is -0.356. The molecular weight excluding hydrogens is 242 g/mol. The van der Waals surface area contributed by atoms with Gasteiger partial charge in [-0.05, 0) is 12.8 Å². The summed E-state index contributed by atoms with van der Waals surface area (Å²) in [4.78, 5) is 26.5. The lowest BCUT2D eigenvalue weighted by Crippen LogP contribution is -2.61. The molecule has 0 radical (unpaired) electrons. The normalized spacial score (nSPS) is 26.8. The number of nitrogens with zero attached hydrogens (tertiary/aromatic N) is 1. The Morgan fingerprint density at radius 1 is 1.26 bits per heavy atom. The zero-order valence-electron chi connectivity index (χ0n) is 12.0. The molecule has 0 aromatic carbocycles. The van der Waals surface area contributed by atoms with Crippen molar-refractivity contribution in [3.05, 3.63) is 0 Å². The van der Waals surface area contributed by atoms with Crippen LogP contribution in [0.3, 0.4) is 0 Å². The van der Waals surface area contributed by atoms with Crippen molar-refractivity contribution in [2.24, 2.45) is 5.41 Å². The first-order valence-electron chi connectivity index (χ1n) is 7.32. The van der Waals surface area contributed by atoms with Gasteiger partial charge in [0.15, 0.2) is 0 Å². The maximum absolute atomic E-state index is 12.8. The van der Waals surface area contributed by atoms with Crippen LogP contribution >= 0.6 is 0 Å². The molecule has 108 valence electrons. The van der Waals surface area contributed by atoms with Crippen LogP contribution in [0.15, 0.2) is 0 Å². The number of carbonyl (C=O) groups is 2. The Bertz CT molecular complexity index is 351. The van der Waals surface area contributed by atoms with E-state index >= 15 is 0 Å². The molecule has 0 bridgehead atoms. The van der Waals surface area contributed by atoms with E-state index in [0.29, 0.717) is 13.1 Å². The molecular formula is C14H25N3O2. The summed E-state index contributed by atoms with van der Waals surface area (Å²) in [6.45, 7) is 4.03. The molecule has 1 saturated carbocycles. The van der Waals surface area contributed by atoms with Gasteiger partial charge < -0.3 is 15.5 Å². The van der Waals surface area contributed by atoms with Gasteiger partial charge in [0.2, 0.25) is 11.8 Å². The fourth-order valence-corrected chi connectivity index (χ4v) is 3.24. The molecule has 2 N–H and O–H groups in total. The molecule has 2 fully saturated rings. The minimum absolute atomic E-state index is 0.0695. The Balaban J connectivity index is 2.12. The average molecular weight is 267 g/mol. The summed E-state index contributed by atoms with van der Waals surface area (Å²) in [6.07, 6.45) is 5.38. The van der Waals surface area contributed by atoms with E-state index in [2.05, 4.69) is 17.6 Å². The summed E-state index contributed by atoms with van der Waals surface area (Å²) in [5, 5.41) is 5.86. The van der Waals surface area contributed by atoms with Crippen LogP contribution in [-0.4, -0.2) is 49.4 Å². The van der Waals surface area contributed by atoms with Crippen LogP contribution in [-0.2, 0) is 9.59 Å². The molecule has 1 aliphatic carbocycles. The zero-order valence-corrected chi connectivity index (χ0v) is 12.0. The lowest BCUT2D eigenvalue weighted by atomic mass is 9.74. The van der Waals surface area contributed by atoms with Crippen molar-refractivity contribution < 1.29 is 9.59 Å². The fraction of sp³-hybridized carbons (Fsp3) is 0.857. The van der Waals surface area contributed by atoms with E-state index in [1.54, 1.807) is 11.9 Å². The Morgan fingerprint density at radius 2 is 1.95 bits per heavy atom. The van der Waals surface area contributed by atoms with Crippen LogP contribution in [0, 0.1) is 5.41 Å². The molecule has 1 heterocycles. The van der Waals surface area contributed by atoms with Gasteiger partial charge in [0.05, 0.1) is 0 Å². The molecule has 2 amide bonds. The summed E-state index contributed by atoms with van der Waals surface area (Å²) < 4.78 is 0. The smallest absolute Gasteiger partial charge is 0.243 e. The van der Waals surface area contributed by atoms with Crippen molar-refractivity contribution >= 4 is 11.8 Å². The van der Waals surface area contributed by atoms with Crippen molar-refractivity contribution in [1.29, 1.82) is 0 Å². The summed E-state index contributed by atoms with van der Waals surface area (Å²) in [7, 11) is 1.63. The first-order chi connectivity index (χ1) is 9.08. The summed E-state index contributed by atoms with van der Waals surface area (Å²) >= 11 is 0. The van der Waals surface area contributed by atoms with Gasteiger partial charge in [-0.1, -0.05) is 26.2 Å². The predicted molar refractivity (Wildman–Crippen MR) is 73.6 cm³/mol. The second-order valence-electron chi connectivity index (χ2n) is 5.95. The summed E-state index contributed by atoms with van der Waals surface area (Å²) in [6, 6.07) is -0.356. The number of amides is 2. The number of nitrogens with one attached hydrogen (secondary N) is 2. The highest BCUT2D eigenvalue weighted by Crippen LogP contribution is 2.37. The van der Waals surface area contributed by atoms with E-state index in [0.717, 1.165) is 32.2 Å². The SMILES string of the molecule is CNC(=O)C1CNCCN1C(=O)C1(C)CCCCC1. The van der Waals surface area contributed by atoms with E-state index in [1.807, 2.05) is 0 Å². The van der Waals surface area contributed by atoms with Gasteiger partial charge in [0.1, 0.15) is 6.04 Å². The molecule has 1 atom stereocenters.